The van der Waals surface area contributed by atoms with Crippen molar-refractivity contribution in [1.82, 2.24) is 25.1 Å². The molecule has 3 saturated heterocycles. The minimum Gasteiger partial charge on any atom is -0.399 e. The lowest BCUT2D eigenvalue weighted by Gasteiger charge is -2.50. The van der Waals surface area contributed by atoms with Crippen molar-refractivity contribution in [2.45, 2.75) is 44.2 Å². The second-order valence-corrected chi connectivity index (χ2v) is 9.03. The van der Waals surface area contributed by atoms with Crippen molar-refractivity contribution < 1.29 is 13.2 Å². The molecule has 2 bridgehead atoms. The molecule has 0 spiro atoms. The number of likely N-dealkylation sites (N-methyl/N-ethyl adjacent to an activating group) is 1. The SMILES string of the molecule is Cc1nnc(N[C@H](N)c2cc(N)cc(C(F)(F)F)n2)c2cc(N3C[C@H]4CC[C@@H]3CN4C)ncc12. The molecule has 6 rings (SSSR count). The molecule has 180 valence electrons. The van der Waals surface area contributed by atoms with Crippen LogP contribution in [0.5, 0.6) is 0 Å². The van der Waals surface area contributed by atoms with Crippen molar-refractivity contribution in [3.05, 3.63) is 41.5 Å². The summed E-state index contributed by atoms with van der Waals surface area (Å²) in [4.78, 5) is 13.1. The third-order valence-electron chi connectivity index (χ3n) is 6.70. The number of nitrogens with zero attached hydrogens (tertiary/aromatic N) is 6. The van der Waals surface area contributed by atoms with Crippen LogP contribution in [0.1, 0.15) is 36.1 Å². The average Bonchev–Trinajstić information content (AvgIpc) is 2.80. The Kier molecular flexibility index (Phi) is 5.44. The number of fused-ring (bicyclic) bond motifs is 4. The molecule has 12 heteroatoms. The maximum atomic E-state index is 13.2. The highest BCUT2D eigenvalue weighted by Crippen LogP contribution is 2.34. The molecule has 3 atom stereocenters. The van der Waals surface area contributed by atoms with Gasteiger partial charge in [-0.25, -0.2) is 9.97 Å². The fourth-order valence-corrected chi connectivity index (χ4v) is 4.84. The second-order valence-electron chi connectivity index (χ2n) is 9.03. The Labute approximate surface area is 194 Å². The molecule has 0 radical (unpaired) electrons. The number of nitrogen functional groups attached to an aromatic ring is 1. The molecule has 0 amide bonds. The number of nitrogens with one attached hydrogen (secondary N) is 1. The molecule has 0 saturated carbocycles. The van der Waals surface area contributed by atoms with Crippen LogP contribution in [0, 0.1) is 6.92 Å². The van der Waals surface area contributed by atoms with Crippen molar-refractivity contribution in [3.63, 3.8) is 0 Å². The Hall–Kier alpha value is -3.25. The van der Waals surface area contributed by atoms with Gasteiger partial charge in [0.05, 0.1) is 11.4 Å². The number of pyridine rings is 2. The number of rotatable bonds is 4. The van der Waals surface area contributed by atoms with E-state index < -0.39 is 18.0 Å². The highest BCUT2D eigenvalue weighted by atomic mass is 19.4. The Bertz CT molecular complexity index is 1230. The summed E-state index contributed by atoms with van der Waals surface area (Å²) in [7, 11) is 2.15. The van der Waals surface area contributed by atoms with Crippen LogP contribution in [0.2, 0.25) is 0 Å². The van der Waals surface area contributed by atoms with Crippen LogP contribution >= 0.6 is 0 Å². The van der Waals surface area contributed by atoms with E-state index in [2.05, 4.69) is 37.3 Å². The van der Waals surface area contributed by atoms with Crippen LogP contribution in [-0.4, -0.2) is 57.3 Å². The first kappa shape index (κ1) is 22.5. The summed E-state index contributed by atoms with van der Waals surface area (Å²) in [6.45, 7) is 3.71. The summed E-state index contributed by atoms with van der Waals surface area (Å²) in [6, 6.07) is 4.90. The zero-order valence-electron chi connectivity index (χ0n) is 18.8. The zero-order chi connectivity index (χ0) is 24.2. The second kappa shape index (κ2) is 8.20. The highest BCUT2D eigenvalue weighted by Gasteiger charge is 2.38. The quantitative estimate of drug-likeness (QED) is 0.491. The van der Waals surface area contributed by atoms with E-state index in [-0.39, 0.29) is 11.4 Å². The Morgan fingerprint density at radius 1 is 1.09 bits per heavy atom. The molecule has 34 heavy (non-hydrogen) atoms. The first-order chi connectivity index (χ1) is 16.1. The van der Waals surface area contributed by atoms with Gasteiger partial charge in [0.1, 0.15) is 17.7 Å². The van der Waals surface area contributed by atoms with E-state index in [0.29, 0.717) is 23.6 Å². The monoisotopic (exact) mass is 473 g/mol. The number of halogens is 3. The Balaban J connectivity index is 1.49. The van der Waals surface area contributed by atoms with E-state index in [1.54, 1.807) is 6.20 Å². The van der Waals surface area contributed by atoms with Gasteiger partial charge in [-0.1, -0.05) is 0 Å². The first-order valence-corrected chi connectivity index (χ1v) is 11.1. The number of alkyl halides is 3. The van der Waals surface area contributed by atoms with E-state index >= 15 is 0 Å². The molecule has 0 aromatic carbocycles. The molecule has 0 unspecified atom stereocenters. The summed E-state index contributed by atoms with van der Waals surface area (Å²) >= 11 is 0. The van der Waals surface area contributed by atoms with Crippen LogP contribution in [-0.2, 0) is 6.18 Å². The number of nitrogens with two attached hydrogens (primary N) is 2. The van der Waals surface area contributed by atoms with Crippen LogP contribution < -0.4 is 21.7 Å². The van der Waals surface area contributed by atoms with Gasteiger partial charge in [0.15, 0.2) is 5.82 Å². The molecule has 9 nitrogen and oxygen atoms in total. The van der Waals surface area contributed by atoms with Gasteiger partial charge in [-0.05, 0) is 45.0 Å². The molecule has 3 aromatic rings. The van der Waals surface area contributed by atoms with E-state index in [9.17, 15) is 13.2 Å². The van der Waals surface area contributed by atoms with Gasteiger partial charge >= 0.3 is 6.18 Å². The molecule has 3 fully saturated rings. The summed E-state index contributed by atoms with van der Waals surface area (Å²) < 4.78 is 39.6. The van der Waals surface area contributed by atoms with Crippen molar-refractivity contribution >= 4 is 28.1 Å². The van der Waals surface area contributed by atoms with E-state index in [1.807, 2.05) is 13.0 Å². The van der Waals surface area contributed by atoms with Gasteiger partial charge in [-0.15, -0.1) is 5.10 Å². The average molecular weight is 474 g/mol. The lowest BCUT2D eigenvalue weighted by Crippen LogP contribution is -2.61. The fraction of sp³-hybridized carbons (Fsp3) is 0.455. The molecule has 0 aliphatic carbocycles. The van der Waals surface area contributed by atoms with E-state index in [4.69, 9.17) is 16.5 Å². The maximum Gasteiger partial charge on any atom is 0.433 e. The van der Waals surface area contributed by atoms with Gasteiger partial charge < -0.3 is 21.7 Å². The standard InChI is InChI=1S/C22H26F3N9/c1-11-16-8-28-19(34-10-13-3-4-14(34)9-33(13)2)7-15(16)21(32-31-11)30-20(27)17-5-12(26)6-18(29-17)22(23,24)25/h5-8,13-14,20H,3-4,9-10,27H2,1-2H3,(H2,26,29)(H,30,32)/t13-,14-,20+/m1/s1. The first-order valence-electron chi connectivity index (χ1n) is 11.1. The van der Waals surface area contributed by atoms with Crippen molar-refractivity contribution in [1.29, 1.82) is 0 Å². The number of piperidine rings is 2. The van der Waals surface area contributed by atoms with E-state index in [1.165, 1.54) is 12.5 Å². The third-order valence-corrected chi connectivity index (χ3v) is 6.70. The lowest BCUT2D eigenvalue weighted by atomic mass is 9.91. The third kappa shape index (κ3) is 4.07. The smallest absolute Gasteiger partial charge is 0.399 e. The fourth-order valence-electron chi connectivity index (χ4n) is 4.84. The molecule has 3 aliphatic rings. The molecule has 3 aromatic heterocycles. The number of hydrogen-bond donors (Lipinski definition) is 3. The summed E-state index contributed by atoms with van der Waals surface area (Å²) in [5.74, 6) is 1.18. The predicted octanol–water partition coefficient (Wildman–Crippen LogP) is 2.68. The van der Waals surface area contributed by atoms with Gasteiger partial charge in [0.25, 0.3) is 0 Å². The van der Waals surface area contributed by atoms with Crippen molar-refractivity contribution in [3.8, 4) is 0 Å². The van der Waals surface area contributed by atoms with Crippen LogP contribution in [0.25, 0.3) is 10.8 Å². The molecular formula is C22H26F3N9. The number of piperazine rings is 1. The summed E-state index contributed by atoms with van der Waals surface area (Å²) in [5.41, 5.74) is 11.3. The Morgan fingerprint density at radius 2 is 1.85 bits per heavy atom. The predicted molar refractivity (Wildman–Crippen MR) is 123 cm³/mol. The minimum absolute atomic E-state index is 0.0477. The number of aryl methyl sites for hydroxylation is 1. The van der Waals surface area contributed by atoms with Crippen LogP contribution in [0.4, 0.5) is 30.5 Å². The zero-order valence-corrected chi connectivity index (χ0v) is 18.8. The van der Waals surface area contributed by atoms with Gasteiger partial charge in [-0.3, -0.25) is 4.90 Å². The highest BCUT2D eigenvalue weighted by molar-refractivity contribution is 5.94. The summed E-state index contributed by atoms with van der Waals surface area (Å²) in [6.07, 6.45) is -1.67. The molecule has 5 N–H and O–H groups in total. The van der Waals surface area contributed by atoms with Crippen molar-refractivity contribution in [2.24, 2.45) is 5.73 Å². The number of aromatic nitrogens is 4. The van der Waals surface area contributed by atoms with Gasteiger partial charge in [-0.2, -0.15) is 18.3 Å². The maximum absolute atomic E-state index is 13.2. The van der Waals surface area contributed by atoms with Crippen LogP contribution in [0.15, 0.2) is 24.4 Å². The van der Waals surface area contributed by atoms with Gasteiger partial charge in [0.2, 0.25) is 0 Å². The van der Waals surface area contributed by atoms with Gasteiger partial charge in [0, 0.05) is 47.8 Å². The topological polar surface area (TPSA) is 122 Å². The van der Waals surface area contributed by atoms with Crippen LogP contribution in [0.3, 0.4) is 0 Å². The lowest BCUT2D eigenvalue weighted by molar-refractivity contribution is -0.141. The normalized spacial score (nSPS) is 21.8. The molecule has 6 heterocycles. The minimum atomic E-state index is -4.64. The van der Waals surface area contributed by atoms with E-state index in [0.717, 1.165) is 42.2 Å². The molecular weight excluding hydrogens is 447 g/mol. The van der Waals surface area contributed by atoms with Crippen molar-refractivity contribution in [2.75, 3.05) is 36.1 Å². The summed E-state index contributed by atoms with van der Waals surface area (Å²) in [5, 5.41) is 12.9. The molecule has 3 aliphatic heterocycles. The Morgan fingerprint density at radius 3 is 2.53 bits per heavy atom. The number of hydrogen-bond acceptors (Lipinski definition) is 9. The number of anilines is 3. The largest absolute Gasteiger partial charge is 0.433 e.